The molecule has 0 aliphatic rings. The molecule has 0 aliphatic heterocycles. The Morgan fingerprint density at radius 3 is 2.50 bits per heavy atom. The highest BCUT2D eigenvalue weighted by Gasteiger charge is 2.02. The largest absolute Gasteiger partial charge is 0.484 e. The van der Waals surface area contributed by atoms with Crippen LogP contribution in [-0.4, -0.2) is 18.7 Å². The van der Waals surface area contributed by atoms with Crippen LogP contribution in [-0.2, 0) is 4.79 Å². The number of aryl methyl sites for hydroxylation is 2. The molecule has 0 heterocycles. The van der Waals surface area contributed by atoms with Crippen molar-refractivity contribution >= 4 is 12.1 Å². The molecular weight excluding hydrogens is 228 g/mol. The number of hydrogen-bond acceptors (Lipinski definition) is 3. The van der Waals surface area contributed by atoms with Gasteiger partial charge < -0.3 is 4.74 Å². The zero-order chi connectivity index (χ0) is 13.5. The maximum absolute atomic E-state index is 11.4. The molecule has 0 saturated heterocycles. The van der Waals surface area contributed by atoms with E-state index >= 15 is 0 Å². The first-order valence-corrected chi connectivity index (χ1v) is 6.00. The highest BCUT2D eigenvalue weighted by Crippen LogP contribution is 2.15. The molecule has 0 fully saturated rings. The van der Waals surface area contributed by atoms with Crippen LogP contribution in [0, 0.1) is 19.8 Å². The van der Waals surface area contributed by atoms with Crippen LogP contribution in [0.3, 0.4) is 0 Å². The molecule has 98 valence electrons. The average Bonchev–Trinajstić information content (AvgIpc) is 2.24. The van der Waals surface area contributed by atoms with E-state index in [1.165, 1.54) is 0 Å². The van der Waals surface area contributed by atoms with E-state index in [0.717, 1.165) is 11.1 Å². The van der Waals surface area contributed by atoms with Gasteiger partial charge in [0.1, 0.15) is 5.75 Å². The van der Waals surface area contributed by atoms with Gasteiger partial charge in [-0.2, -0.15) is 5.10 Å². The molecule has 18 heavy (non-hydrogen) atoms. The maximum Gasteiger partial charge on any atom is 0.277 e. The third-order valence-corrected chi connectivity index (χ3v) is 2.13. The van der Waals surface area contributed by atoms with Crippen LogP contribution < -0.4 is 10.2 Å². The lowest BCUT2D eigenvalue weighted by atomic mass is 10.1. The Bertz CT molecular complexity index is 419. The Kier molecular flexibility index (Phi) is 5.36. The van der Waals surface area contributed by atoms with Crippen LogP contribution >= 0.6 is 0 Å². The van der Waals surface area contributed by atoms with Crippen LogP contribution in [0.5, 0.6) is 5.75 Å². The zero-order valence-electron chi connectivity index (χ0n) is 11.4. The summed E-state index contributed by atoms with van der Waals surface area (Å²) >= 11 is 0. The van der Waals surface area contributed by atoms with E-state index in [2.05, 4.69) is 16.6 Å². The Morgan fingerprint density at radius 2 is 1.94 bits per heavy atom. The molecule has 1 N–H and O–H groups in total. The fourth-order valence-corrected chi connectivity index (χ4v) is 1.46. The summed E-state index contributed by atoms with van der Waals surface area (Å²) in [6.07, 6.45) is 1.68. The molecule has 0 saturated carbocycles. The number of nitrogens with zero attached hydrogens (tertiary/aromatic N) is 1. The second-order valence-corrected chi connectivity index (χ2v) is 4.67. The van der Waals surface area contributed by atoms with Gasteiger partial charge in [0.2, 0.25) is 0 Å². The van der Waals surface area contributed by atoms with E-state index < -0.39 is 0 Å². The molecule has 1 aromatic carbocycles. The minimum Gasteiger partial charge on any atom is -0.484 e. The van der Waals surface area contributed by atoms with Gasteiger partial charge in [0, 0.05) is 6.21 Å². The van der Waals surface area contributed by atoms with Crippen molar-refractivity contribution in [2.24, 2.45) is 11.0 Å². The van der Waals surface area contributed by atoms with Crippen LogP contribution in [0.25, 0.3) is 0 Å². The van der Waals surface area contributed by atoms with Gasteiger partial charge in [0.15, 0.2) is 6.61 Å². The van der Waals surface area contributed by atoms with E-state index in [9.17, 15) is 4.79 Å². The molecule has 1 amide bonds. The number of hydrazone groups is 1. The first-order valence-electron chi connectivity index (χ1n) is 6.00. The number of amides is 1. The van der Waals surface area contributed by atoms with Crippen molar-refractivity contribution in [2.45, 2.75) is 27.7 Å². The second kappa shape index (κ2) is 6.79. The van der Waals surface area contributed by atoms with E-state index in [0.29, 0.717) is 11.7 Å². The summed E-state index contributed by atoms with van der Waals surface area (Å²) in [5, 5.41) is 3.81. The van der Waals surface area contributed by atoms with Crippen molar-refractivity contribution in [3.05, 3.63) is 29.3 Å². The molecule has 0 atom stereocenters. The number of benzene rings is 1. The lowest BCUT2D eigenvalue weighted by Crippen LogP contribution is -2.24. The molecule has 0 radical (unpaired) electrons. The predicted octanol–water partition coefficient (Wildman–Crippen LogP) is 2.44. The molecule has 0 aliphatic carbocycles. The van der Waals surface area contributed by atoms with Crippen molar-refractivity contribution in [3.8, 4) is 5.75 Å². The van der Waals surface area contributed by atoms with Gasteiger partial charge in [-0.05, 0) is 43.0 Å². The highest BCUT2D eigenvalue weighted by atomic mass is 16.5. The topological polar surface area (TPSA) is 50.7 Å². The highest BCUT2D eigenvalue weighted by molar-refractivity contribution is 5.78. The molecule has 0 unspecified atom stereocenters. The zero-order valence-corrected chi connectivity index (χ0v) is 11.4. The van der Waals surface area contributed by atoms with Gasteiger partial charge in [-0.15, -0.1) is 0 Å². The predicted molar refractivity (Wildman–Crippen MR) is 72.9 cm³/mol. The fourth-order valence-electron chi connectivity index (χ4n) is 1.46. The van der Waals surface area contributed by atoms with Gasteiger partial charge >= 0.3 is 0 Å². The third-order valence-electron chi connectivity index (χ3n) is 2.13. The summed E-state index contributed by atoms with van der Waals surface area (Å²) in [6.45, 7) is 7.93. The normalized spacial score (nSPS) is 10.9. The van der Waals surface area contributed by atoms with E-state index in [-0.39, 0.29) is 12.5 Å². The smallest absolute Gasteiger partial charge is 0.277 e. The first kappa shape index (κ1) is 14.2. The molecule has 0 bridgehead atoms. The van der Waals surface area contributed by atoms with Gasteiger partial charge in [-0.25, -0.2) is 5.43 Å². The SMILES string of the molecule is Cc1cc(C)cc(OCC(=O)N/N=C/C(C)C)c1. The van der Waals surface area contributed by atoms with Gasteiger partial charge in [0.05, 0.1) is 0 Å². The van der Waals surface area contributed by atoms with Gasteiger partial charge in [0.25, 0.3) is 5.91 Å². The summed E-state index contributed by atoms with van der Waals surface area (Å²) in [6, 6.07) is 5.86. The minimum absolute atomic E-state index is 0.0294. The lowest BCUT2D eigenvalue weighted by molar-refractivity contribution is -0.123. The number of hydrogen-bond donors (Lipinski definition) is 1. The third kappa shape index (κ3) is 5.48. The lowest BCUT2D eigenvalue weighted by Gasteiger charge is -2.07. The summed E-state index contributed by atoms with van der Waals surface area (Å²) in [4.78, 5) is 11.4. The second-order valence-electron chi connectivity index (χ2n) is 4.67. The van der Waals surface area contributed by atoms with E-state index in [1.807, 2.05) is 39.8 Å². The van der Waals surface area contributed by atoms with Crippen LogP contribution in [0.1, 0.15) is 25.0 Å². The maximum atomic E-state index is 11.4. The van der Waals surface area contributed by atoms with Crippen molar-refractivity contribution in [1.82, 2.24) is 5.43 Å². The number of carbonyl (C=O) groups is 1. The molecule has 0 aromatic heterocycles. The van der Waals surface area contributed by atoms with Gasteiger partial charge in [-0.1, -0.05) is 19.9 Å². The van der Waals surface area contributed by atoms with Crippen LogP contribution in [0.15, 0.2) is 23.3 Å². The van der Waals surface area contributed by atoms with Crippen molar-refractivity contribution < 1.29 is 9.53 Å². The van der Waals surface area contributed by atoms with Gasteiger partial charge in [-0.3, -0.25) is 4.79 Å². The van der Waals surface area contributed by atoms with Crippen molar-refractivity contribution in [1.29, 1.82) is 0 Å². The molecule has 4 nitrogen and oxygen atoms in total. The summed E-state index contributed by atoms with van der Waals surface area (Å²) in [5.74, 6) is 0.757. The van der Waals surface area contributed by atoms with E-state index in [1.54, 1.807) is 6.21 Å². The number of carbonyl (C=O) groups excluding carboxylic acids is 1. The Balaban J connectivity index is 2.42. The van der Waals surface area contributed by atoms with Crippen molar-refractivity contribution in [2.75, 3.05) is 6.61 Å². The Labute approximate surface area is 108 Å². The summed E-state index contributed by atoms with van der Waals surface area (Å²) in [7, 11) is 0. The van der Waals surface area contributed by atoms with Crippen LogP contribution in [0.4, 0.5) is 0 Å². The Morgan fingerprint density at radius 1 is 1.33 bits per heavy atom. The Hall–Kier alpha value is -1.84. The molecular formula is C14H20N2O2. The molecule has 0 spiro atoms. The standard InChI is InChI=1S/C14H20N2O2/c1-10(2)8-15-16-14(17)9-18-13-6-11(3)5-12(4)7-13/h5-8,10H,9H2,1-4H3,(H,16,17)/b15-8+. The van der Waals surface area contributed by atoms with Crippen molar-refractivity contribution in [3.63, 3.8) is 0 Å². The number of nitrogens with one attached hydrogen (secondary N) is 1. The summed E-state index contributed by atoms with van der Waals surface area (Å²) < 4.78 is 5.40. The molecule has 1 aromatic rings. The van der Waals surface area contributed by atoms with Crippen LogP contribution in [0.2, 0.25) is 0 Å². The summed E-state index contributed by atoms with van der Waals surface area (Å²) in [5.41, 5.74) is 4.65. The quantitative estimate of drug-likeness (QED) is 0.642. The first-order chi connectivity index (χ1) is 8.47. The number of rotatable bonds is 5. The minimum atomic E-state index is -0.258. The average molecular weight is 248 g/mol. The molecule has 1 rings (SSSR count). The molecule has 4 heteroatoms. The van der Waals surface area contributed by atoms with E-state index in [4.69, 9.17) is 4.74 Å². The number of ether oxygens (including phenoxy) is 1. The monoisotopic (exact) mass is 248 g/mol. The fraction of sp³-hybridized carbons (Fsp3) is 0.429.